The van der Waals surface area contributed by atoms with Gasteiger partial charge in [-0.3, -0.25) is 0 Å². The lowest BCUT2D eigenvalue weighted by molar-refractivity contribution is 0.804. The van der Waals surface area contributed by atoms with Gasteiger partial charge in [0.05, 0.1) is 23.8 Å². The summed E-state index contributed by atoms with van der Waals surface area (Å²) in [7, 11) is 0. The molecule has 0 bridgehead atoms. The maximum atomic E-state index is 4.32. The molecule has 2 aromatic heterocycles. The van der Waals surface area contributed by atoms with Crippen molar-refractivity contribution in [1.29, 1.82) is 0 Å². The number of aromatic nitrogens is 6. The van der Waals surface area contributed by atoms with Gasteiger partial charge in [0, 0.05) is 11.1 Å². The first-order valence-corrected chi connectivity index (χ1v) is 8.93. The van der Waals surface area contributed by atoms with Gasteiger partial charge in [0.1, 0.15) is 11.4 Å². The molecular formula is C22H16N6. The van der Waals surface area contributed by atoms with E-state index < -0.39 is 0 Å². The van der Waals surface area contributed by atoms with Crippen LogP contribution in [0.1, 0.15) is 0 Å². The molecule has 0 aliphatic carbocycles. The lowest BCUT2D eigenvalue weighted by Gasteiger charge is -2.00. The fourth-order valence-corrected chi connectivity index (χ4v) is 3.04. The molecule has 6 heteroatoms. The standard InChI is InChI=1S/C22H16N6/c1-3-10-19(11-4-1)27-15-21(23-25-27)17-8-7-9-18(14-17)22-16-28(26-24-22)20-12-5-2-6-13-20/h1-16H. The highest BCUT2D eigenvalue weighted by atomic mass is 15.4. The minimum atomic E-state index is 0.807. The van der Waals surface area contributed by atoms with E-state index in [0.717, 1.165) is 33.9 Å². The zero-order valence-electron chi connectivity index (χ0n) is 14.9. The molecule has 134 valence electrons. The predicted molar refractivity (Wildman–Crippen MR) is 107 cm³/mol. The van der Waals surface area contributed by atoms with Crippen LogP contribution in [0.15, 0.2) is 97.3 Å². The van der Waals surface area contributed by atoms with E-state index >= 15 is 0 Å². The van der Waals surface area contributed by atoms with Crippen molar-refractivity contribution in [3.8, 4) is 33.9 Å². The maximum absolute atomic E-state index is 4.32. The van der Waals surface area contributed by atoms with E-state index in [2.05, 4.69) is 26.7 Å². The van der Waals surface area contributed by atoms with Crippen molar-refractivity contribution in [2.45, 2.75) is 0 Å². The third-order valence-corrected chi connectivity index (χ3v) is 4.48. The fourth-order valence-electron chi connectivity index (χ4n) is 3.04. The van der Waals surface area contributed by atoms with E-state index in [-0.39, 0.29) is 0 Å². The summed E-state index contributed by atoms with van der Waals surface area (Å²) in [6.07, 6.45) is 3.85. The average molecular weight is 364 g/mol. The summed E-state index contributed by atoms with van der Waals surface area (Å²) in [5.41, 5.74) is 5.52. The largest absolute Gasteiger partial charge is 0.220 e. The van der Waals surface area contributed by atoms with Crippen LogP contribution >= 0.6 is 0 Å². The van der Waals surface area contributed by atoms with Crippen molar-refractivity contribution in [2.75, 3.05) is 0 Å². The summed E-state index contributed by atoms with van der Waals surface area (Å²) in [6.45, 7) is 0. The lowest BCUT2D eigenvalue weighted by atomic mass is 10.1. The van der Waals surface area contributed by atoms with Crippen LogP contribution in [-0.4, -0.2) is 30.0 Å². The smallest absolute Gasteiger partial charge is 0.113 e. The first-order chi connectivity index (χ1) is 13.9. The van der Waals surface area contributed by atoms with Crippen LogP contribution in [0, 0.1) is 0 Å². The monoisotopic (exact) mass is 364 g/mol. The van der Waals surface area contributed by atoms with Crippen LogP contribution in [0.2, 0.25) is 0 Å². The predicted octanol–water partition coefficient (Wildman–Crippen LogP) is 4.18. The molecule has 0 atom stereocenters. The van der Waals surface area contributed by atoms with Gasteiger partial charge in [-0.1, -0.05) is 65.0 Å². The molecule has 5 aromatic rings. The van der Waals surface area contributed by atoms with Crippen LogP contribution in [0.25, 0.3) is 33.9 Å². The van der Waals surface area contributed by atoms with Crippen molar-refractivity contribution in [3.05, 3.63) is 97.3 Å². The third-order valence-electron chi connectivity index (χ3n) is 4.48. The minimum absolute atomic E-state index is 0.807. The Hall–Kier alpha value is -4.06. The van der Waals surface area contributed by atoms with Gasteiger partial charge in [-0.25, -0.2) is 9.36 Å². The maximum Gasteiger partial charge on any atom is 0.113 e. The Balaban J connectivity index is 1.46. The second-order valence-electron chi connectivity index (χ2n) is 6.35. The van der Waals surface area contributed by atoms with Crippen molar-refractivity contribution in [3.63, 3.8) is 0 Å². The first kappa shape index (κ1) is 16.1. The van der Waals surface area contributed by atoms with Gasteiger partial charge in [-0.05, 0) is 30.3 Å². The molecule has 0 amide bonds. The molecule has 5 rings (SSSR count). The minimum Gasteiger partial charge on any atom is -0.220 e. The van der Waals surface area contributed by atoms with Crippen molar-refractivity contribution >= 4 is 0 Å². The molecule has 0 radical (unpaired) electrons. The van der Waals surface area contributed by atoms with E-state index in [1.165, 1.54) is 0 Å². The normalized spacial score (nSPS) is 10.9. The van der Waals surface area contributed by atoms with Crippen molar-refractivity contribution in [1.82, 2.24) is 30.0 Å². The summed E-state index contributed by atoms with van der Waals surface area (Å²) < 4.78 is 3.54. The van der Waals surface area contributed by atoms with E-state index in [9.17, 15) is 0 Å². The Morgan fingerprint density at radius 1 is 0.500 bits per heavy atom. The lowest BCUT2D eigenvalue weighted by Crippen LogP contribution is -1.93. The molecular weight excluding hydrogens is 348 g/mol. The zero-order valence-corrected chi connectivity index (χ0v) is 14.9. The molecule has 28 heavy (non-hydrogen) atoms. The highest BCUT2D eigenvalue weighted by Crippen LogP contribution is 2.24. The Morgan fingerprint density at radius 2 is 0.964 bits per heavy atom. The van der Waals surface area contributed by atoms with Crippen LogP contribution in [-0.2, 0) is 0 Å². The molecule has 0 aliphatic heterocycles. The molecule has 0 aliphatic rings. The Kier molecular flexibility index (Phi) is 3.99. The second-order valence-corrected chi connectivity index (χ2v) is 6.35. The van der Waals surface area contributed by atoms with Gasteiger partial charge < -0.3 is 0 Å². The van der Waals surface area contributed by atoms with Crippen LogP contribution in [0.5, 0.6) is 0 Å². The van der Waals surface area contributed by atoms with Gasteiger partial charge in [0.15, 0.2) is 0 Å². The number of hydrogen-bond acceptors (Lipinski definition) is 4. The van der Waals surface area contributed by atoms with E-state index in [0.29, 0.717) is 0 Å². The van der Waals surface area contributed by atoms with Gasteiger partial charge in [-0.15, -0.1) is 10.2 Å². The summed E-state index contributed by atoms with van der Waals surface area (Å²) in [5.74, 6) is 0. The molecule has 6 nitrogen and oxygen atoms in total. The SMILES string of the molecule is c1ccc(-n2cc(-c3cccc(-c4cn(-c5ccccc5)nn4)c3)nn2)cc1. The summed E-state index contributed by atoms with van der Waals surface area (Å²) in [5, 5.41) is 17.1. The second kappa shape index (κ2) is 6.92. The van der Waals surface area contributed by atoms with E-state index in [1.54, 1.807) is 9.36 Å². The number of benzene rings is 3. The van der Waals surface area contributed by atoms with E-state index in [4.69, 9.17) is 0 Å². The average Bonchev–Trinajstić information content (AvgIpc) is 3.46. The Morgan fingerprint density at radius 3 is 1.43 bits per heavy atom. The van der Waals surface area contributed by atoms with Gasteiger partial charge in [0.2, 0.25) is 0 Å². The summed E-state index contributed by atoms with van der Waals surface area (Å²) >= 11 is 0. The molecule has 0 N–H and O–H groups in total. The Bertz CT molecular complexity index is 1120. The van der Waals surface area contributed by atoms with Crippen LogP contribution in [0.3, 0.4) is 0 Å². The molecule has 0 saturated carbocycles. The van der Waals surface area contributed by atoms with Gasteiger partial charge >= 0.3 is 0 Å². The molecule has 0 spiro atoms. The third kappa shape index (κ3) is 3.07. The number of hydrogen-bond donors (Lipinski definition) is 0. The first-order valence-electron chi connectivity index (χ1n) is 8.93. The quantitative estimate of drug-likeness (QED) is 0.480. The summed E-state index contributed by atoms with van der Waals surface area (Å²) in [4.78, 5) is 0. The number of rotatable bonds is 4. The van der Waals surface area contributed by atoms with E-state index in [1.807, 2.05) is 91.3 Å². The summed E-state index contributed by atoms with van der Waals surface area (Å²) in [6, 6.07) is 27.9. The number of nitrogens with zero attached hydrogens (tertiary/aromatic N) is 6. The molecule has 2 heterocycles. The van der Waals surface area contributed by atoms with Crippen molar-refractivity contribution in [2.24, 2.45) is 0 Å². The highest BCUT2D eigenvalue weighted by Gasteiger charge is 2.09. The highest BCUT2D eigenvalue weighted by molar-refractivity contribution is 5.68. The molecule has 0 saturated heterocycles. The topological polar surface area (TPSA) is 61.4 Å². The van der Waals surface area contributed by atoms with Crippen molar-refractivity contribution < 1.29 is 0 Å². The van der Waals surface area contributed by atoms with Crippen LogP contribution < -0.4 is 0 Å². The zero-order chi connectivity index (χ0) is 18.8. The molecule has 0 fully saturated rings. The van der Waals surface area contributed by atoms with Crippen LogP contribution in [0.4, 0.5) is 0 Å². The number of para-hydroxylation sites is 2. The van der Waals surface area contributed by atoms with Gasteiger partial charge in [-0.2, -0.15) is 0 Å². The molecule has 0 unspecified atom stereocenters. The van der Waals surface area contributed by atoms with Gasteiger partial charge in [0.25, 0.3) is 0 Å². The molecule has 3 aromatic carbocycles. The Labute approximate surface area is 161 Å². The fraction of sp³-hybridized carbons (Fsp3) is 0.